The van der Waals surface area contributed by atoms with E-state index in [0.29, 0.717) is 0 Å². The van der Waals surface area contributed by atoms with E-state index in [1.165, 1.54) is 0 Å². The van der Waals surface area contributed by atoms with Crippen molar-refractivity contribution >= 4 is 18.0 Å². The van der Waals surface area contributed by atoms with E-state index in [1.807, 2.05) is 36.4 Å². The van der Waals surface area contributed by atoms with Crippen LogP contribution in [0.25, 0.3) is 11.1 Å². The number of nitrogens with one attached hydrogen (secondary N) is 2. The summed E-state index contributed by atoms with van der Waals surface area (Å²) >= 11 is 0. The van der Waals surface area contributed by atoms with Crippen LogP contribution in [-0.4, -0.2) is 41.8 Å². The van der Waals surface area contributed by atoms with Crippen LogP contribution in [0.5, 0.6) is 0 Å². The van der Waals surface area contributed by atoms with Gasteiger partial charge in [0.1, 0.15) is 12.6 Å². The van der Waals surface area contributed by atoms with Gasteiger partial charge < -0.3 is 20.5 Å². The maximum atomic E-state index is 12.2. The molecule has 0 aliphatic heterocycles. The number of carboxylic acids is 1. The number of amides is 2. The number of benzene rings is 2. The maximum absolute atomic E-state index is 12.2. The first-order valence-electron chi connectivity index (χ1n) is 10.0. The smallest absolute Gasteiger partial charge is 0.407 e. The molecule has 3 rings (SSSR count). The molecule has 0 saturated carbocycles. The van der Waals surface area contributed by atoms with E-state index in [2.05, 4.69) is 22.8 Å². The minimum atomic E-state index is -1.08. The summed E-state index contributed by atoms with van der Waals surface area (Å²) in [7, 11) is 0. The third-order valence-electron chi connectivity index (χ3n) is 5.24. The fourth-order valence-electron chi connectivity index (χ4n) is 3.76. The van der Waals surface area contributed by atoms with Gasteiger partial charge in [0.25, 0.3) is 0 Å². The monoisotopic (exact) mass is 410 g/mol. The summed E-state index contributed by atoms with van der Waals surface area (Å²) in [5.41, 5.74) is 4.54. The maximum Gasteiger partial charge on any atom is 0.407 e. The number of hydrogen-bond donors (Lipinski definition) is 3. The second-order valence-corrected chi connectivity index (χ2v) is 7.44. The van der Waals surface area contributed by atoms with Crippen molar-refractivity contribution < 1.29 is 24.2 Å². The molecule has 30 heavy (non-hydrogen) atoms. The van der Waals surface area contributed by atoms with Crippen LogP contribution in [0.1, 0.15) is 43.7 Å². The largest absolute Gasteiger partial charge is 0.480 e. The number of ether oxygens (including phenoxy) is 1. The average molecular weight is 410 g/mol. The van der Waals surface area contributed by atoms with E-state index in [-0.39, 0.29) is 25.4 Å². The Morgan fingerprint density at radius 3 is 2.10 bits per heavy atom. The first kappa shape index (κ1) is 21.4. The van der Waals surface area contributed by atoms with Gasteiger partial charge in [-0.25, -0.2) is 9.59 Å². The van der Waals surface area contributed by atoms with E-state index < -0.39 is 30.1 Å². The lowest BCUT2D eigenvalue weighted by molar-refractivity contribution is -0.142. The standard InChI is InChI=1S/C23H26N2O5/c1-3-20(22(27)28)25-21(26)12-14(2)24-23(29)30-13-19-17-10-6-4-8-15(17)16-9-5-7-11-18(16)19/h4-11,14,19-20H,3,12-13H2,1-2H3,(H,24,29)(H,25,26)(H,27,28)/t14-,20+/m1/s1. The van der Waals surface area contributed by atoms with Gasteiger partial charge in [-0.2, -0.15) is 0 Å². The summed E-state index contributed by atoms with van der Waals surface area (Å²) in [6, 6.07) is 14.7. The molecule has 2 atom stereocenters. The third-order valence-corrected chi connectivity index (χ3v) is 5.24. The number of aliphatic carboxylic acids is 1. The van der Waals surface area contributed by atoms with Crippen molar-refractivity contribution in [2.75, 3.05) is 6.61 Å². The Kier molecular flexibility index (Phi) is 6.72. The van der Waals surface area contributed by atoms with Gasteiger partial charge >= 0.3 is 12.1 Å². The minimum Gasteiger partial charge on any atom is -0.480 e. The van der Waals surface area contributed by atoms with E-state index >= 15 is 0 Å². The molecule has 0 saturated heterocycles. The molecule has 158 valence electrons. The fourth-order valence-corrected chi connectivity index (χ4v) is 3.76. The normalized spacial score (nSPS) is 14.2. The van der Waals surface area contributed by atoms with Crippen LogP contribution in [0, 0.1) is 0 Å². The van der Waals surface area contributed by atoms with Gasteiger partial charge in [0.2, 0.25) is 5.91 Å². The van der Waals surface area contributed by atoms with Crippen LogP contribution in [0.4, 0.5) is 4.79 Å². The predicted octanol–water partition coefficient (Wildman–Crippen LogP) is 3.28. The number of hydrogen-bond acceptors (Lipinski definition) is 4. The predicted molar refractivity (Wildman–Crippen MR) is 112 cm³/mol. The zero-order valence-corrected chi connectivity index (χ0v) is 17.1. The number of alkyl carbamates (subject to hydrolysis) is 1. The van der Waals surface area contributed by atoms with Gasteiger partial charge in [-0.1, -0.05) is 55.5 Å². The van der Waals surface area contributed by atoms with Crippen molar-refractivity contribution in [2.24, 2.45) is 0 Å². The minimum absolute atomic E-state index is 0.0338. The van der Waals surface area contributed by atoms with Crippen LogP contribution in [0.2, 0.25) is 0 Å². The Labute approximate surface area is 175 Å². The Morgan fingerprint density at radius 2 is 1.57 bits per heavy atom. The molecular formula is C23H26N2O5. The molecule has 0 fully saturated rings. The highest BCUT2D eigenvalue weighted by atomic mass is 16.5. The molecule has 7 heteroatoms. The highest BCUT2D eigenvalue weighted by Gasteiger charge is 2.29. The van der Waals surface area contributed by atoms with E-state index in [0.717, 1.165) is 22.3 Å². The van der Waals surface area contributed by atoms with Crippen molar-refractivity contribution in [3.05, 3.63) is 59.7 Å². The highest BCUT2D eigenvalue weighted by molar-refractivity contribution is 5.84. The summed E-state index contributed by atoms with van der Waals surface area (Å²) < 4.78 is 5.46. The highest BCUT2D eigenvalue weighted by Crippen LogP contribution is 2.44. The molecule has 0 radical (unpaired) electrons. The fraction of sp³-hybridized carbons (Fsp3) is 0.348. The number of carbonyl (C=O) groups excluding carboxylic acids is 2. The Hall–Kier alpha value is -3.35. The number of fused-ring (bicyclic) bond motifs is 3. The van der Waals surface area contributed by atoms with Gasteiger partial charge in [-0.15, -0.1) is 0 Å². The summed E-state index contributed by atoms with van der Waals surface area (Å²) in [5.74, 6) is -1.55. The topological polar surface area (TPSA) is 105 Å². The Bertz CT molecular complexity index is 897. The van der Waals surface area contributed by atoms with Crippen molar-refractivity contribution in [3.63, 3.8) is 0 Å². The third kappa shape index (κ3) is 4.79. The average Bonchev–Trinajstić information content (AvgIpc) is 3.04. The van der Waals surface area contributed by atoms with E-state index in [4.69, 9.17) is 9.84 Å². The zero-order chi connectivity index (χ0) is 21.7. The molecule has 1 aliphatic carbocycles. The molecule has 2 amide bonds. The van der Waals surface area contributed by atoms with Gasteiger partial charge in [0.05, 0.1) is 0 Å². The van der Waals surface area contributed by atoms with Crippen molar-refractivity contribution in [3.8, 4) is 11.1 Å². The van der Waals surface area contributed by atoms with Crippen LogP contribution in [0.3, 0.4) is 0 Å². The molecule has 3 N–H and O–H groups in total. The molecular weight excluding hydrogens is 384 g/mol. The summed E-state index contributed by atoms with van der Waals surface area (Å²) in [6.07, 6.45) is -0.356. The SMILES string of the molecule is CC[C@H](NC(=O)C[C@@H](C)NC(=O)OCC1c2ccccc2-c2ccccc21)C(=O)O. The molecule has 0 spiro atoms. The van der Waals surface area contributed by atoms with Gasteiger partial charge in [0.15, 0.2) is 0 Å². The van der Waals surface area contributed by atoms with Crippen molar-refractivity contribution in [1.82, 2.24) is 10.6 Å². The molecule has 0 aromatic heterocycles. The molecule has 7 nitrogen and oxygen atoms in total. The first-order valence-corrected chi connectivity index (χ1v) is 10.0. The molecule has 0 bridgehead atoms. The van der Waals surface area contributed by atoms with Crippen LogP contribution >= 0.6 is 0 Å². The number of rotatable bonds is 8. The van der Waals surface area contributed by atoms with Crippen molar-refractivity contribution in [1.29, 1.82) is 0 Å². The van der Waals surface area contributed by atoms with Crippen LogP contribution < -0.4 is 10.6 Å². The second-order valence-electron chi connectivity index (χ2n) is 7.44. The van der Waals surface area contributed by atoms with Crippen molar-refractivity contribution in [2.45, 2.75) is 44.7 Å². The zero-order valence-electron chi connectivity index (χ0n) is 17.1. The Balaban J connectivity index is 1.54. The van der Waals surface area contributed by atoms with Crippen LogP contribution in [0.15, 0.2) is 48.5 Å². The van der Waals surface area contributed by atoms with Gasteiger partial charge in [0, 0.05) is 18.4 Å². The van der Waals surface area contributed by atoms with Gasteiger partial charge in [-0.3, -0.25) is 4.79 Å². The molecule has 2 aromatic carbocycles. The summed E-state index contributed by atoms with van der Waals surface area (Å²) in [5, 5.41) is 14.1. The Morgan fingerprint density at radius 1 is 1.00 bits per heavy atom. The summed E-state index contributed by atoms with van der Waals surface area (Å²) in [4.78, 5) is 35.2. The lowest BCUT2D eigenvalue weighted by Crippen LogP contribution is -2.43. The van der Waals surface area contributed by atoms with Gasteiger partial charge in [-0.05, 0) is 35.6 Å². The lowest BCUT2D eigenvalue weighted by atomic mass is 9.98. The second kappa shape index (κ2) is 9.43. The number of carboxylic acid groups (broad SMARTS) is 1. The molecule has 0 unspecified atom stereocenters. The van der Waals surface area contributed by atoms with Crippen LogP contribution in [-0.2, 0) is 14.3 Å². The molecule has 0 heterocycles. The quantitative estimate of drug-likeness (QED) is 0.619. The molecule has 2 aromatic rings. The number of carbonyl (C=O) groups is 3. The summed E-state index contributed by atoms with van der Waals surface area (Å²) in [6.45, 7) is 3.54. The lowest BCUT2D eigenvalue weighted by Gasteiger charge is -2.18. The van der Waals surface area contributed by atoms with E-state index in [1.54, 1.807) is 13.8 Å². The first-order chi connectivity index (χ1) is 14.4. The van der Waals surface area contributed by atoms with E-state index in [9.17, 15) is 14.4 Å². The molecule has 1 aliphatic rings.